The maximum Gasteiger partial charge on any atom is 0.104 e. The fraction of sp³-hybridized carbons (Fsp3) is 0.500. The van der Waals surface area contributed by atoms with Gasteiger partial charge in [-0.15, -0.1) is 0 Å². The summed E-state index contributed by atoms with van der Waals surface area (Å²) in [4.78, 5) is 4.90. The SMILES string of the molecule is C[C@@](O)(c1ccccc1)[C@H]([C@@H](c1ccccc1)N1CCOCC1)N1CCOCC1. The molecule has 0 aliphatic carbocycles. The van der Waals surface area contributed by atoms with Gasteiger partial charge >= 0.3 is 0 Å². The highest BCUT2D eigenvalue weighted by atomic mass is 16.5. The first-order chi connectivity index (χ1) is 14.2. The Balaban J connectivity index is 1.79. The van der Waals surface area contributed by atoms with Gasteiger partial charge in [0.25, 0.3) is 0 Å². The van der Waals surface area contributed by atoms with Crippen LogP contribution < -0.4 is 0 Å². The predicted octanol–water partition coefficient (Wildman–Crippen LogP) is 2.67. The van der Waals surface area contributed by atoms with Crippen LogP contribution in [-0.2, 0) is 15.1 Å². The van der Waals surface area contributed by atoms with Crippen LogP contribution in [0.5, 0.6) is 0 Å². The molecule has 0 amide bonds. The average Bonchev–Trinajstić information content (AvgIpc) is 2.79. The number of nitrogens with zero attached hydrogens (tertiary/aromatic N) is 2. The summed E-state index contributed by atoms with van der Waals surface area (Å²) >= 11 is 0. The molecule has 0 radical (unpaired) electrons. The molecule has 2 saturated heterocycles. The minimum atomic E-state index is -1.02. The molecule has 156 valence electrons. The van der Waals surface area contributed by atoms with Gasteiger partial charge in [0, 0.05) is 26.2 Å². The fourth-order valence-corrected chi connectivity index (χ4v) is 4.76. The number of hydrogen-bond donors (Lipinski definition) is 1. The van der Waals surface area contributed by atoms with Gasteiger partial charge in [-0.3, -0.25) is 9.80 Å². The van der Waals surface area contributed by atoms with Crippen LogP contribution in [0.1, 0.15) is 24.1 Å². The average molecular weight is 397 g/mol. The van der Waals surface area contributed by atoms with Crippen molar-refractivity contribution in [1.29, 1.82) is 0 Å². The lowest BCUT2D eigenvalue weighted by molar-refractivity contribution is -0.113. The van der Waals surface area contributed by atoms with Crippen molar-refractivity contribution in [2.24, 2.45) is 0 Å². The second-order valence-electron chi connectivity index (χ2n) is 8.11. The van der Waals surface area contributed by atoms with E-state index in [1.165, 1.54) is 5.56 Å². The molecule has 2 heterocycles. The van der Waals surface area contributed by atoms with Crippen molar-refractivity contribution in [1.82, 2.24) is 9.80 Å². The van der Waals surface area contributed by atoms with E-state index in [0.29, 0.717) is 13.2 Å². The summed E-state index contributed by atoms with van der Waals surface area (Å²) in [6, 6.07) is 20.7. The molecule has 0 saturated carbocycles. The van der Waals surface area contributed by atoms with Gasteiger partial charge in [0.1, 0.15) is 5.60 Å². The second kappa shape index (κ2) is 9.37. The van der Waals surface area contributed by atoms with E-state index in [1.54, 1.807) is 0 Å². The molecular formula is C24H32N2O3. The third kappa shape index (κ3) is 4.55. The highest BCUT2D eigenvalue weighted by Crippen LogP contribution is 2.39. The number of ether oxygens (including phenoxy) is 2. The van der Waals surface area contributed by atoms with Gasteiger partial charge < -0.3 is 14.6 Å². The number of rotatable bonds is 6. The Morgan fingerprint density at radius 3 is 1.79 bits per heavy atom. The molecule has 0 unspecified atom stereocenters. The van der Waals surface area contributed by atoms with Crippen molar-refractivity contribution in [3.63, 3.8) is 0 Å². The van der Waals surface area contributed by atoms with Crippen molar-refractivity contribution in [3.05, 3.63) is 71.8 Å². The Bertz CT molecular complexity index is 741. The van der Waals surface area contributed by atoms with E-state index in [4.69, 9.17) is 9.47 Å². The Morgan fingerprint density at radius 2 is 1.24 bits per heavy atom. The Kier molecular flexibility index (Phi) is 6.63. The zero-order chi connectivity index (χ0) is 20.1. The van der Waals surface area contributed by atoms with Crippen LogP contribution >= 0.6 is 0 Å². The molecule has 2 aliphatic heterocycles. The van der Waals surface area contributed by atoms with E-state index in [-0.39, 0.29) is 12.1 Å². The van der Waals surface area contributed by atoms with Gasteiger partial charge in [0.05, 0.1) is 38.5 Å². The number of hydrogen-bond acceptors (Lipinski definition) is 5. The van der Waals surface area contributed by atoms with Gasteiger partial charge in [-0.05, 0) is 18.1 Å². The van der Waals surface area contributed by atoms with Crippen LogP contribution in [0.2, 0.25) is 0 Å². The molecule has 0 spiro atoms. The summed E-state index contributed by atoms with van der Waals surface area (Å²) < 4.78 is 11.3. The van der Waals surface area contributed by atoms with Gasteiger partial charge in [-0.2, -0.15) is 0 Å². The van der Waals surface area contributed by atoms with Gasteiger partial charge in [-0.25, -0.2) is 0 Å². The van der Waals surface area contributed by atoms with Gasteiger partial charge in [0.2, 0.25) is 0 Å². The molecule has 1 N–H and O–H groups in total. The second-order valence-corrected chi connectivity index (χ2v) is 8.11. The monoisotopic (exact) mass is 396 g/mol. The summed E-state index contributed by atoms with van der Waals surface area (Å²) in [6.07, 6.45) is 0. The molecule has 4 rings (SSSR count). The lowest BCUT2D eigenvalue weighted by Gasteiger charge is -2.50. The van der Waals surface area contributed by atoms with Gasteiger partial charge in [0.15, 0.2) is 0 Å². The van der Waals surface area contributed by atoms with E-state index < -0.39 is 5.60 Å². The van der Waals surface area contributed by atoms with Crippen molar-refractivity contribution >= 4 is 0 Å². The van der Waals surface area contributed by atoms with E-state index in [0.717, 1.165) is 45.0 Å². The summed E-state index contributed by atoms with van der Waals surface area (Å²) in [7, 11) is 0. The third-order valence-electron chi connectivity index (χ3n) is 6.25. The highest BCUT2D eigenvalue weighted by molar-refractivity contribution is 5.29. The van der Waals surface area contributed by atoms with Crippen LogP contribution in [0, 0.1) is 0 Å². The smallest absolute Gasteiger partial charge is 0.104 e. The zero-order valence-electron chi connectivity index (χ0n) is 17.2. The molecule has 2 aliphatic rings. The first kappa shape index (κ1) is 20.5. The number of morpholine rings is 2. The van der Waals surface area contributed by atoms with Crippen LogP contribution in [0.4, 0.5) is 0 Å². The number of benzene rings is 2. The van der Waals surface area contributed by atoms with Crippen molar-refractivity contribution in [2.75, 3.05) is 52.6 Å². The minimum absolute atomic E-state index is 0.0633. The Hall–Kier alpha value is -1.76. The predicted molar refractivity (Wildman–Crippen MR) is 114 cm³/mol. The van der Waals surface area contributed by atoms with E-state index in [1.807, 2.05) is 37.3 Å². The van der Waals surface area contributed by atoms with Crippen LogP contribution in [0.3, 0.4) is 0 Å². The molecule has 0 bridgehead atoms. The lowest BCUT2D eigenvalue weighted by Crippen LogP contribution is -2.60. The summed E-state index contributed by atoms with van der Waals surface area (Å²) in [5, 5.41) is 12.0. The van der Waals surface area contributed by atoms with E-state index in [2.05, 4.69) is 40.1 Å². The molecular weight excluding hydrogens is 364 g/mol. The summed E-state index contributed by atoms with van der Waals surface area (Å²) in [5.41, 5.74) is 1.17. The van der Waals surface area contributed by atoms with Crippen LogP contribution in [-0.4, -0.2) is 73.6 Å². The quantitative estimate of drug-likeness (QED) is 0.813. The highest BCUT2D eigenvalue weighted by Gasteiger charge is 2.46. The standard InChI is InChI=1S/C24H32N2O3/c1-24(27,21-10-6-3-7-11-21)23(26-14-18-29-19-15-26)22(20-8-4-2-5-9-20)25-12-16-28-17-13-25/h2-11,22-23,27H,12-19H2,1H3/t22-,23+,24-/m1/s1. The van der Waals surface area contributed by atoms with Gasteiger partial charge in [-0.1, -0.05) is 60.7 Å². The van der Waals surface area contributed by atoms with Crippen molar-refractivity contribution in [2.45, 2.75) is 24.6 Å². The Labute approximate surface area is 173 Å². The maximum absolute atomic E-state index is 12.0. The normalized spacial score (nSPS) is 23.2. The summed E-state index contributed by atoms with van der Waals surface area (Å²) in [5.74, 6) is 0. The van der Waals surface area contributed by atoms with Crippen LogP contribution in [0.25, 0.3) is 0 Å². The fourth-order valence-electron chi connectivity index (χ4n) is 4.76. The molecule has 3 atom stereocenters. The van der Waals surface area contributed by atoms with Crippen molar-refractivity contribution in [3.8, 4) is 0 Å². The molecule has 29 heavy (non-hydrogen) atoms. The van der Waals surface area contributed by atoms with Crippen molar-refractivity contribution < 1.29 is 14.6 Å². The molecule has 5 nitrogen and oxygen atoms in total. The lowest BCUT2D eigenvalue weighted by atomic mass is 9.79. The molecule has 2 fully saturated rings. The number of aliphatic hydroxyl groups is 1. The largest absolute Gasteiger partial charge is 0.384 e. The summed E-state index contributed by atoms with van der Waals surface area (Å²) in [6.45, 7) is 8.20. The Morgan fingerprint density at radius 1 is 0.759 bits per heavy atom. The zero-order valence-corrected chi connectivity index (χ0v) is 17.2. The molecule has 2 aromatic rings. The molecule has 0 aromatic heterocycles. The van der Waals surface area contributed by atoms with E-state index in [9.17, 15) is 5.11 Å². The topological polar surface area (TPSA) is 45.2 Å². The van der Waals surface area contributed by atoms with Crippen LogP contribution in [0.15, 0.2) is 60.7 Å². The first-order valence-corrected chi connectivity index (χ1v) is 10.6. The van der Waals surface area contributed by atoms with E-state index >= 15 is 0 Å². The third-order valence-corrected chi connectivity index (χ3v) is 6.25. The minimum Gasteiger partial charge on any atom is -0.384 e. The maximum atomic E-state index is 12.0. The molecule has 2 aromatic carbocycles. The first-order valence-electron chi connectivity index (χ1n) is 10.6. The molecule has 5 heteroatoms.